The summed E-state index contributed by atoms with van der Waals surface area (Å²) in [4.78, 5) is 16.0. The van der Waals surface area contributed by atoms with Gasteiger partial charge in [0.1, 0.15) is 29.6 Å². The third-order valence-corrected chi connectivity index (χ3v) is 6.97. The second-order valence-electron chi connectivity index (χ2n) is 9.19. The number of aryl methyl sites for hydroxylation is 3. The van der Waals surface area contributed by atoms with Gasteiger partial charge in [0, 0.05) is 17.5 Å². The van der Waals surface area contributed by atoms with E-state index in [0.717, 1.165) is 46.5 Å². The molecule has 0 spiro atoms. The summed E-state index contributed by atoms with van der Waals surface area (Å²) in [6.45, 7) is 2.26. The van der Waals surface area contributed by atoms with Gasteiger partial charge in [-0.15, -0.1) is 0 Å². The van der Waals surface area contributed by atoms with Crippen molar-refractivity contribution in [2.24, 2.45) is 0 Å². The maximum absolute atomic E-state index is 11.3. The minimum Gasteiger partial charge on any atom is -0.478 e. The summed E-state index contributed by atoms with van der Waals surface area (Å²) < 4.78 is 18.0. The second kappa shape index (κ2) is 8.99. The SMILES string of the molecule is Cc1cccc(Cl)c1-c1noc(C2CC2)c1COc1ccc2c(n1)CCc1cc(C(=O)O)ccc1O2. The molecule has 182 valence electrons. The van der Waals surface area contributed by atoms with Gasteiger partial charge in [-0.3, -0.25) is 0 Å². The van der Waals surface area contributed by atoms with E-state index in [1.807, 2.05) is 31.2 Å². The molecule has 0 saturated heterocycles. The van der Waals surface area contributed by atoms with Crippen molar-refractivity contribution in [1.29, 1.82) is 0 Å². The smallest absolute Gasteiger partial charge is 0.335 e. The zero-order valence-corrected chi connectivity index (χ0v) is 20.3. The highest BCUT2D eigenvalue weighted by atomic mass is 35.5. The van der Waals surface area contributed by atoms with Crippen LogP contribution >= 0.6 is 11.6 Å². The van der Waals surface area contributed by atoms with Crippen LogP contribution in [-0.4, -0.2) is 21.2 Å². The zero-order chi connectivity index (χ0) is 24.8. The molecule has 1 N–H and O–H groups in total. The number of hydrogen-bond donors (Lipinski definition) is 1. The molecule has 6 rings (SSSR count). The summed E-state index contributed by atoms with van der Waals surface area (Å²) in [6.07, 6.45) is 3.37. The highest BCUT2D eigenvalue weighted by Crippen LogP contribution is 2.45. The number of ether oxygens (including phenoxy) is 2. The molecular weight excluding hydrogens is 480 g/mol. The first-order chi connectivity index (χ1) is 17.5. The summed E-state index contributed by atoms with van der Waals surface area (Å²) in [5.41, 5.74) is 5.33. The lowest BCUT2D eigenvalue weighted by Crippen LogP contribution is -2.03. The molecule has 1 fully saturated rings. The van der Waals surface area contributed by atoms with Crippen LogP contribution in [0.25, 0.3) is 11.3 Å². The lowest BCUT2D eigenvalue weighted by atomic mass is 10.0. The Morgan fingerprint density at radius 2 is 1.97 bits per heavy atom. The van der Waals surface area contributed by atoms with Crippen LogP contribution in [0.2, 0.25) is 5.02 Å². The van der Waals surface area contributed by atoms with Crippen LogP contribution < -0.4 is 9.47 Å². The summed E-state index contributed by atoms with van der Waals surface area (Å²) >= 11 is 6.54. The van der Waals surface area contributed by atoms with Crippen molar-refractivity contribution < 1.29 is 23.9 Å². The maximum atomic E-state index is 11.3. The minimum absolute atomic E-state index is 0.241. The predicted molar refractivity (Wildman–Crippen MR) is 133 cm³/mol. The van der Waals surface area contributed by atoms with E-state index >= 15 is 0 Å². The number of aromatic carboxylic acids is 1. The summed E-state index contributed by atoms with van der Waals surface area (Å²) in [5, 5.41) is 14.3. The Labute approximate surface area is 212 Å². The first-order valence-electron chi connectivity index (χ1n) is 11.9. The zero-order valence-electron chi connectivity index (χ0n) is 19.6. The van der Waals surface area contributed by atoms with Crippen molar-refractivity contribution in [1.82, 2.24) is 10.1 Å². The Morgan fingerprint density at radius 3 is 2.75 bits per heavy atom. The average Bonchev–Trinajstić information content (AvgIpc) is 3.65. The number of carboxylic acid groups (broad SMARTS) is 1. The van der Waals surface area contributed by atoms with E-state index < -0.39 is 5.97 Å². The van der Waals surface area contributed by atoms with Gasteiger partial charge in [-0.2, -0.15) is 0 Å². The average molecular weight is 503 g/mol. The van der Waals surface area contributed by atoms with Crippen LogP contribution in [0.5, 0.6) is 17.4 Å². The first kappa shape index (κ1) is 22.6. The molecule has 4 aromatic rings. The van der Waals surface area contributed by atoms with Crippen LogP contribution in [0.3, 0.4) is 0 Å². The van der Waals surface area contributed by atoms with Gasteiger partial charge in [0.25, 0.3) is 0 Å². The molecule has 7 nitrogen and oxygen atoms in total. The number of carbonyl (C=O) groups is 1. The van der Waals surface area contributed by atoms with Gasteiger partial charge in [0.2, 0.25) is 5.88 Å². The van der Waals surface area contributed by atoms with Gasteiger partial charge in [-0.05, 0) is 74.1 Å². The van der Waals surface area contributed by atoms with Crippen molar-refractivity contribution in [3.63, 3.8) is 0 Å². The summed E-state index contributed by atoms with van der Waals surface area (Å²) in [6, 6.07) is 14.3. The number of benzene rings is 2. The molecule has 0 atom stereocenters. The number of carboxylic acids is 1. The maximum Gasteiger partial charge on any atom is 0.335 e. The topological polar surface area (TPSA) is 94.7 Å². The van der Waals surface area contributed by atoms with Crippen LogP contribution in [0.15, 0.2) is 53.1 Å². The molecule has 0 radical (unpaired) electrons. The Bertz CT molecular complexity index is 1470. The van der Waals surface area contributed by atoms with Gasteiger partial charge in [-0.25, -0.2) is 9.78 Å². The fourth-order valence-electron chi connectivity index (χ4n) is 4.60. The lowest BCUT2D eigenvalue weighted by molar-refractivity contribution is 0.0696. The number of hydrogen-bond acceptors (Lipinski definition) is 6. The number of halogens is 1. The van der Waals surface area contributed by atoms with E-state index in [1.54, 1.807) is 24.3 Å². The molecule has 0 bridgehead atoms. The van der Waals surface area contributed by atoms with Crippen LogP contribution in [0, 0.1) is 6.92 Å². The van der Waals surface area contributed by atoms with Crippen molar-refractivity contribution in [3.8, 4) is 28.6 Å². The Hall–Kier alpha value is -3.84. The van der Waals surface area contributed by atoms with Gasteiger partial charge >= 0.3 is 5.97 Å². The van der Waals surface area contributed by atoms with E-state index in [4.69, 9.17) is 30.6 Å². The van der Waals surface area contributed by atoms with Crippen molar-refractivity contribution in [3.05, 3.63) is 87.3 Å². The molecular formula is C28H23ClN2O5. The van der Waals surface area contributed by atoms with Crippen molar-refractivity contribution >= 4 is 17.6 Å². The Morgan fingerprint density at radius 1 is 1.14 bits per heavy atom. The van der Waals surface area contributed by atoms with E-state index in [9.17, 15) is 9.90 Å². The standard InChI is InChI=1S/C28H23ClN2O5/c1-15-3-2-4-20(29)25(15)26-19(27(36-31-26)16-5-6-16)14-34-24-12-11-23-21(30-24)9-7-17-13-18(28(32)33)8-10-22(17)35-23/h2-4,8,10-13,16H,5-7,9,14H2,1H3,(H,32,33). The quantitative estimate of drug-likeness (QED) is 0.312. The van der Waals surface area contributed by atoms with Gasteiger partial charge in [0.05, 0.1) is 21.8 Å². The fraction of sp³-hybridized carbons (Fsp3) is 0.250. The number of fused-ring (bicyclic) bond motifs is 2. The van der Waals surface area contributed by atoms with Gasteiger partial charge in [0.15, 0.2) is 0 Å². The minimum atomic E-state index is -0.959. The highest BCUT2D eigenvalue weighted by molar-refractivity contribution is 6.33. The predicted octanol–water partition coefficient (Wildman–Crippen LogP) is 6.74. The largest absolute Gasteiger partial charge is 0.478 e. The molecule has 2 aromatic carbocycles. The van der Waals surface area contributed by atoms with Crippen LogP contribution in [-0.2, 0) is 19.4 Å². The number of aromatic nitrogens is 2. The lowest BCUT2D eigenvalue weighted by Gasteiger charge is -2.12. The molecule has 3 heterocycles. The van der Waals surface area contributed by atoms with Crippen molar-refractivity contribution in [2.75, 3.05) is 0 Å². The number of pyridine rings is 1. The monoisotopic (exact) mass is 502 g/mol. The summed E-state index contributed by atoms with van der Waals surface area (Å²) in [7, 11) is 0. The molecule has 8 heteroatoms. The molecule has 1 saturated carbocycles. The van der Waals surface area contributed by atoms with Gasteiger partial charge < -0.3 is 19.1 Å². The van der Waals surface area contributed by atoms with Crippen LogP contribution in [0.4, 0.5) is 0 Å². The highest BCUT2D eigenvalue weighted by Gasteiger charge is 2.33. The molecule has 2 aromatic heterocycles. The third-order valence-electron chi connectivity index (χ3n) is 6.66. The van der Waals surface area contributed by atoms with Crippen molar-refractivity contribution in [2.45, 2.75) is 45.1 Å². The second-order valence-corrected chi connectivity index (χ2v) is 9.60. The van der Waals surface area contributed by atoms with Gasteiger partial charge in [-0.1, -0.05) is 28.9 Å². The van der Waals surface area contributed by atoms with E-state index in [1.165, 1.54) is 0 Å². The molecule has 2 aliphatic rings. The molecule has 1 aliphatic heterocycles. The molecule has 36 heavy (non-hydrogen) atoms. The van der Waals surface area contributed by atoms with E-state index in [-0.39, 0.29) is 12.2 Å². The first-order valence-corrected chi connectivity index (χ1v) is 12.3. The van der Waals surface area contributed by atoms with E-state index in [2.05, 4.69) is 5.16 Å². The van der Waals surface area contributed by atoms with E-state index in [0.29, 0.717) is 46.9 Å². The molecule has 0 amide bonds. The Balaban J connectivity index is 1.26. The molecule has 0 unspecified atom stereocenters. The summed E-state index contributed by atoms with van der Waals surface area (Å²) in [5.74, 6) is 2.01. The normalized spacial score (nSPS) is 14.4. The number of rotatable bonds is 6. The Kier molecular flexibility index (Phi) is 5.64. The fourth-order valence-corrected chi connectivity index (χ4v) is 4.91. The van der Waals surface area contributed by atoms with Crippen LogP contribution in [0.1, 0.15) is 57.3 Å². The third kappa shape index (κ3) is 4.20. The molecule has 1 aliphatic carbocycles. The number of nitrogens with zero attached hydrogens (tertiary/aromatic N) is 2.